The molecule has 0 aliphatic rings. The first-order chi connectivity index (χ1) is 15.5. The predicted octanol–water partition coefficient (Wildman–Crippen LogP) is 2.36. The third-order valence-electron chi connectivity index (χ3n) is 3.93. The topological polar surface area (TPSA) is 134 Å². The molecule has 0 atom stereocenters. The average Bonchev–Trinajstić information content (AvgIpc) is 2.69. The van der Waals surface area contributed by atoms with Gasteiger partial charge in [-0.15, -0.1) is 0 Å². The average molecular weight is 457 g/mol. The second kappa shape index (κ2) is 11.4. The maximum absolute atomic E-state index is 12.5. The van der Waals surface area contributed by atoms with Gasteiger partial charge >= 0.3 is 23.9 Å². The molecule has 0 saturated heterocycles. The van der Waals surface area contributed by atoms with Gasteiger partial charge in [-0.3, -0.25) is 24.0 Å². The minimum Gasteiger partial charge on any atom is -0.423 e. The van der Waals surface area contributed by atoms with E-state index in [0.717, 1.165) is 0 Å². The number of carbonyl (C=O) groups is 5. The molecule has 2 aromatic rings. The molecule has 10 heteroatoms. The molecule has 0 heterocycles. The van der Waals surface area contributed by atoms with Crippen LogP contribution in [0.15, 0.2) is 36.4 Å². The van der Waals surface area contributed by atoms with Crippen LogP contribution in [0, 0.1) is 0 Å². The third-order valence-corrected chi connectivity index (χ3v) is 3.93. The first-order valence-electron chi connectivity index (χ1n) is 9.84. The Hall–Kier alpha value is -4.21. The van der Waals surface area contributed by atoms with Crippen LogP contribution in [0.2, 0.25) is 0 Å². The fourth-order valence-corrected chi connectivity index (χ4v) is 2.73. The zero-order valence-corrected chi connectivity index (χ0v) is 18.6. The molecule has 1 amide bonds. The predicted molar refractivity (Wildman–Crippen MR) is 114 cm³/mol. The van der Waals surface area contributed by atoms with Crippen LogP contribution in [0.25, 0.3) is 0 Å². The lowest BCUT2D eigenvalue weighted by Gasteiger charge is -2.12. The zero-order chi connectivity index (χ0) is 24.5. The highest BCUT2D eigenvalue weighted by molar-refractivity contribution is 5.95. The second-order valence-electron chi connectivity index (χ2n) is 6.82. The number of nitrogens with one attached hydrogen (secondary N) is 1. The van der Waals surface area contributed by atoms with Crippen molar-refractivity contribution in [3.63, 3.8) is 0 Å². The lowest BCUT2D eigenvalue weighted by atomic mass is 10.1. The molecule has 10 nitrogen and oxygen atoms in total. The van der Waals surface area contributed by atoms with E-state index in [2.05, 4.69) is 5.32 Å². The zero-order valence-electron chi connectivity index (χ0n) is 18.6. The minimum atomic E-state index is -0.637. The van der Waals surface area contributed by atoms with E-state index in [1.165, 1.54) is 52.0 Å². The molecule has 2 aromatic carbocycles. The molecule has 0 fully saturated rings. The van der Waals surface area contributed by atoms with Crippen LogP contribution in [0.4, 0.5) is 0 Å². The maximum Gasteiger partial charge on any atom is 0.308 e. The van der Waals surface area contributed by atoms with Crippen LogP contribution >= 0.6 is 0 Å². The van der Waals surface area contributed by atoms with Gasteiger partial charge < -0.3 is 24.3 Å². The quantitative estimate of drug-likeness (QED) is 0.468. The molecule has 0 radical (unpaired) electrons. The van der Waals surface area contributed by atoms with E-state index >= 15 is 0 Å². The number of hydrogen-bond donors (Lipinski definition) is 1. The summed E-state index contributed by atoms with van der Waals surface area (Å²) in [6, 6.07) is 8.78. The van der Waals surface area contributed by atoms with Crippen molar-refractivity contribution in [1.82, 2.24) is 5.32 Å². The van der Waals surface area contributed by atoms with Gasteiger partial charge in [0.15, 0.2) is 23.0 Å². The smallest absolute Gasteiger partial charge is 0.308 e. The van der Waals surface area contributed by atoms with Crippen LogP contribution in [0.5, 0.6) is 23.0 Å². The van der Waals surface area contributed by atoms with Crippen LogP contribution in [-0.2, 0) is 25.6 Å². The molecular weight excluding hydrogens is 434 g/mol. The molecule has 0 aliphatic carbocycles. The van der Waals surface area contributed by atoms with Crippen molar-refractivity contribution in [2.45, 2.75) is 34.1 Å². The molecule has 0 bridgehead atoms. The number of carbonyl (C=O) groups excluding carboxylic acids is 5. The van der Waals surface area contributed by atoms with Gasteiger partial charge in [0.1, 0.15) is 0 Å². The number of amides is 1. The molecular formula is C23H23NO9. The number of ether oxygens (including phenoxy) is 4. The van der Waals surface area contributed by atoms with Crippen LogP contribution in [-0.4, -0.2) is 36.3 Å². The van der Waals surface area contributed by atoms with Gasteiger partial charge in [-0.05, 0) is 42.3 Å². The summed E-state index contributed by atoms with van der Waals surface area (Å²) < 4.78 is 20.1. The Morgan fingerprint density at radius 1 is 0.636 bits per heavy atom. The largest absolute Gasteiger partial charge is 0.423 e. The van der Waals surface area contributed by atoms with Crippen molar-refractivity contribution < 1.29 is 42.9 Å². The van der Waals surface area contributed by atoms with Gasteiger partial charge in [0.05, 0.1) is 0 Å². The lowest BCUT2D eigenvalue weighted by Crippen LogP contribution is -2.25. The summed E-state index contributed by atoms with van der Waals surface area (Å²) in [5.74, 6) is -2.67. The second-order valence-corrected chi connectivity index (χ2v) is 6.82. The Bertz CT molecular complexity index is 1090. The summed E-state index contributed by atoms with van der Waals surface area (Å²) in [6.07, 6.45) is 0.378. The summed E-state index contributed by atoms with van der Waals surface area (Å²) in [7, 11) is 0. The standard InChI is InChI=1S/C23H23NO9/c1-13(25)30-19-7-5-17(11-21(19)32-15(3)27)9-10-24-23(29)18-6-8-20(31-14(2)26)22(12-18)33-16(4)28/h5-8,11-12H,9-10H2,1-4H3,(H,24,29). The highest BCUT2D eigenvalue weighted by Crippen LogP contribution is 2.30. The monoisotopic (exact) mass is 457 g/mol. The summed E-state index contributed by atoms with van der Waals surface area (Å²) in [4.78, 5) is 57.6. The van der Waals surface area contributed by atoms with E-state index in [4.69, 9.17) is 18.9 Å². The summed E-state index contributed by atoms with van der Waals surface area (Å²) in [5.41, 5.74) is 0.904. The lowest BCUT2D eigenvalue weighted by molar-refractivity contribution is -0.134. The highest BCUT2D eigenvalue weighted by atomic mass is 16.6. The van der Waals surface area contributed by atoms with E-state index in [9.17, 15) is 24.0 Å². The van der Waals surface area contributed by atoms with Gasteiger partial charge in [0, 0.05) is 39.8 Å². The van der Waals surface area contributed by atoms with Crippen LogP contribution in [0.1, 0.15) is 43.6 Å². The van der Waals surface area contributed by atoms with Crippen LogP contribution < -0.4 is 24.3 Å². The number of benzene rings is 2. The molecule has 0 aliphatic heterocycles. The number of esters is 4. The van der Waals surface area contributed by atoms with E-state index in [0.29, 0.717) is 12.0 Å². The summed E-state index contributed by atoms with van der Waals surface area (Å²) in [6.45, 7) is 5.05. The molecule has 0 saturated carbocycles. The van der Waals surface area contributed by atoms with Crippen molar-refractivity contribution >= 4 is 29.8 Å². The maximum atomic E-state index is 12.5. The van der Waals surface area contributed by atoms with Crippen molar-refractivity contribution in [1.29, 1.82) is 0 Å². The van der Waals surface area contributed by atoms with E-state index in [1.807, 2.05) is 0 Å². The van der Waals surface area contributed by atoms with Crippen molar-refractivity contribution in [3.05, 3.63) is 47.5 Å². The van der Waals surface area contributed by atoms with Crippen molar-refractivity contribution in [3.8, 4) is 23.0 Å². The Morgan fingerprint density at radius 3 is 1.61 bits per heavy atom. The summed E-state index contributed by atoms with van der Waals surface area (Å²) in [5, 5.41) is 2.71. The molecule has 2 rings (SSSR count). The van der Waals surface area contributed by atoms with Gasteiger partial charge in [-0.25, -0.2) is 0 Å². The molecule has 33 heavy (non-hydrogen) atoms. The SMILES string of the molecule is CC(=O)Oc1ccc(CCNC(=O)c2ccc(OC(C)=O)c(OC(C)=O)c2)cc1OC(C)=O. The molecule has 174 valence electrons. The van der Waals surface area contributed by atoms with Gasteiger partial charge in [0.25, 0.3) is 5.91 Å². The fourth-order valence-electron chi connectivity index (χ4n) is 2.73. The normalized spacial score (nSPS) is 10.1. The molecule has 0 aromatic heterocycles. The summed E-state index contributed by atoms with van der Waals surface area (Å²) >= 11 is 0. The number of rotatable bonds is 8. The Morgan fingerprint density at radius 2 is 1.09 bits per heavy atom. The van der Waals surface area contributed by atoms with Gasteiger partial charge in [-0.1, -0.05) is 6.07 Å². The highest BCUT2D eigenvalue weighted by Gasteiger charge is 2.15. The Kier molecular flexibility index (Phi) is 8.67. The molecule has 0 spiro atoms. The number of hydrogen-bond acceptors (Lipinski definition) is 9. The van der Waals surface area contributed by atoms with Crippen LogP contribution in [0.3, 0.4) is 0 Å². The minimum absolute atomic E-state index is 0.0140. The Balaban J connectivity index is 2.08. The molecule has 0 unspecified atom stereocenters. The first kappa shape index (κ1) is 25.1. The van der Waals surface area contributed by atoms with Gasteiger partial charge in [0.2, 0.25) is 0 Å². The fraction of sp³-hybridized carbons (Fsp3) is 0.261. The van der Waals surface area contributed by atoms with E-state index in [1.54, 1.807) is 12.1 Å². The molecule has 1 N–H and O–H groups in total. The van der Waals surface area contributed by atoms with Gasteiger partial charge in [-0.2, -0.15) is 0 Å². The third kappa shape index (κ3) is 8.09. The van der Waals surface area contributed by atoms with E-state index in [-0.39, 0.29) is 35.1 Å². The first-order valence-corrected chi connectivity index (χ1v) is 9.84. The Labute approximate surface area is 189 Å². The van der Waals surface area contributed by atoms with Crippen molar-refractivity contribution in [2.75, 3.05) is 6.54 Å². The van der Waals surface area contributed by atoms with E-state index < -0.39 is 29.8 Å². The van der Waals surface area contributed by atoms with Crippen molar-refractivity contribution in [2.24, 2.45) is 0 Å².